The second-order valence-corrected chi connectivity index (χ2v) is 5.38. The van der Waals surface area contributed by atoms with E-state index in [0.717, 1.165) is 31.9 Å². The molecule has 1 saturated heterocycles. The van der Waals surface area contributed by atoms with Gasteiger partial charge in [0.25, 0.3) is 0 Å². The maximum absolute atomic E-state index is 10.9. The largest absolute Gasteiger partial charge is 0.330 e. The van der Waals surface area contributed by atoms with Crippen molar-refractivity contribution in [1.29, 1.82) is 0 Å². The predicted octanol–water partition coefficient (Wildman–Crippen LogP) is 0.0356. The molecule has 0 amide bonds. The molecule has 1 fully saturated rings. The lowest BCUT2D eigenvalue weighted by atomic mass is 9.98. The Morgan fingerprint density at radius 2 is 2.38 bits per heavy atom. The van der Waals surface area contributed by atoms with Gasteiger partial charge in [-0.2, -0.15) is 0 Å². The fourth-order valence-electron chi connectivity index (χ4n) is 1.80. The molecule has 0 radical (unpaired) electrons. The molecule has 3 nitrogen and oxygen atoms in total. The van der Waals surface area contributed by atoms with Crippen LogP contribution in [0.5, 0.6) is 0 Å². The molecule has 2 atom stereocenters. The number of likely N-dealkylation sites (tertiary alicyclic amines) is 1. The van der Waals surface area contributed by atoms with E-state index in [9.17, 15) is 4.21 Å². The van der Waals surface area contributed by atoms with Crippen LogP contribution in [-0.4, -0.2) is 47.3 Å². The fourth-order valence-corrected chi connectivity index (χ4v) is 2.32. The Balaban J connectivity index is 2.21. The molecular formula is C9H20N2OS. The van der Waals surface area contributed by atoms with Gasteiger partial charge in [0.15, 0.2) is 0 Å². The molecule has 78 valence electrons. The van der Waals surface area contributed by atoms with Gasteiger partial charge in [-0.05, 0) is 31.8 Å². The molecule has 13 heavy (non-hydrogen) atoms. The van der Waals surface area contributed by atoms with E-state index in [2.05, 4.69) is 4.90 Å². The first-order chi connectivity index (χ1) is 6.22. The standard InChI is InChI=1S/C9H20N2OS/c1-13(12)6-5-11-4-2-3-9(7-10)8-11/h9H,2-8,10H2,1H3. The first-order valence-electron chi connectivity index (χ1n) is 4.95. The molecule has 0 aromatic carbocycles. The van der Waals surface area contributed by atoms with Gasteiger partial charge < -0.3 is 10.6 Å². The lowest BCUT2D eigenvalue weighted by Gasteiger charge is -2.31. The number of nitrogens with two attached hydrogens (primary N) is 1. The maximum atomic E-state index is 10.9. The highest BCUT2D eigenvalue weighted by molar-refractivity contribution is 7.84. The topological polar surface area (TPSA) is 46.3 Å². The zero-order chi connectivity index (χ0) is 9.68. The van der Waals surface area contributed by atoms with Crippen LogP contribution in [0.3, 0.4) is 0 Å². The Bertz CT molecular complexity index is 175. The lowest BCUT2D eigenvalue weighted by molar-refractivity contribution is 0.187. The van der Waals surface area contributed by atoms with Crippen molar-refractivity contribution >= 4 is 10.8 Å². The Labute approximate surface area is 83.1 Å². The third kappa shape index (κ3) is 4.20. The van der Waals surface area contributed by atoms with E-state index in [1.807, 2.05) is 0 Å². The average Bonchev–Trinajstić information content (AvgIpc) is 2.15. The van der Waals surface area contributed by atoms with Crippen LogP contribution in [0.2, 0.25) is 0 Å². The second-order valence-electron chi connectivity index (χ2n) is 3.82. The summed E-state index contributed by atoms with van der Waals surface area (Å²) in [6.07, 6.45) is 4.28. The minimum Gasteiger partial charge on any atom is -0.330 e. The summed E-state index contributed by atoms with van der Waals surface area (Å²) < 4.78 is 10.9. The number of piperidine rings is 1. The molecule has 0 saturated carbocycles. The molecule has 0 aromatic heterocycles. The van der Waals surface area contributed by atoms with Gasteiger partial charge in [-0.1, -0.05) is 0 Å². The molecule has 1 heterocycles. The first-order valence-corrected chi connectivity index (χ1v) is 6.67. The first kappa shape index (κ1) is 11.1. The Kier molecular flexibility index (Phi) is 4.91. The summed E-state index contributed by atoms with van der Waals surface area (Å²) in [6, 6.07) is 0. The van der Waals surface area contributed by atoms with Gasteiger partial charge in [0.2, 0.25) is 0 Å². The van der Waals surface area contributed by atoms with Crippen molar-refractivity contribution in [3.05, 3.63) is 0 Å². The Morgan fingerprint density at radius 1 is 1.62 bits per heavy atom. The van der Waals surface area contributed by atoms with E-state index in [0.29, 0.717) is 5.92 Å². The zero-order valence-electron chi connectivity index (χ0n) is 8.37. The van der Waals surface area contributed by atoms with Crippen LogP contribution in [0.25, 0.3) is 0 Å². The van der Waals surface area contributed by atoms with Crippen molar-refractivity contribution in [2.45, 2.75) is 12.8 Å². The van der Waals surface area contributed by atoms with Crippen LogP contribution < -0.4 is 5.73 Å². The minimum atomic E-state index is -0.653. The molecule has 0 aliphatic carbocycles. The smallest absolute Gasteiger partial charge is 0.0359 e. The quantitative estimate of drug-likeness (QED) is 0.703. The Hall–Kier alpha value is 0.0700. The third-order valence-corrected chi connectivity index (χ3v) is 3.39. The molecule has 0 aromatic rings. The highest BCUT2D eigenvalue weighted by atomic mass is 32.2. The second kappa shape index (κ2) is 5.73. The third-order valence-electron chi connectivity index (χ3n) is 2.63. The number of nitrogens with zero attached hydrogens (tertiary/aromatic N) is 1. The summed E-state index contributed by atoms with van der Waals surface area (Å²) in [5.41, 5.74) is 5.63. The molecule has 0 spiro atoms. The molecule has 2 N–H and O–H groups in total. The summed E-state index contributed by atoms with van der Waals surface area (Å²) >= 11 is 0. The lowest BCUT2D eigenvalue weighted by Crippen LogP contribution is -2.40. The van der Waals surface area contributed by atoms with E-state index in [-0.39, 0.29) is 0 Å². The number of hydrogen-bond donors (Lipinski definition) is 1. The van der Waals surface area contributed by atoms with E-state index in [1.165, 1.54) is 12.8 Å². The average molecular weight is 204 g/mol. The summed E-state index contributed by atoms with van der Waals surface area (Å²) in [5.74, 6) is 1.47. The SMILES string of the molecule is CS(=O)CCN1CCCC(CN)C1. The molecule has 1 aliphatic rings. The summed E-state index contributed by atoms with van der Waals surface area (Å²) in [7, 11) is -0.653. The van der Waals surface area contributed by atoms with Crippen molar-refractivity contribution < 1.29 is 4.21 Å². The van der Waals surface area contributed by atoms with Crippen LogP contribution >= 0.6 is 0 Å². The molecular weight excluding hydrogens is 184 g/mol. The summed E-state index contributed by atoms with van der Waals surface area (Å²) in [6.45, 7) is 4.03. The highest BCUT2D eigenvalue weighted by Gasteiger charge is 2.18. The number of rotatable bonds is 4. The van der Waals surface area contributed by atoms with Gasteiger partial charge in [0.1, 0.15) is 0 Å². The van der Waals surface area contributed by atoms with Crippen LogP contribution in [0.1, 0.15) is 12.8 Å². The van der Waals surface area contributed by atoms with Gasteiger partial charge in [-0.25, -0.2) is 0 Å². The van der Waals surface area contributed by atoms with Gasteiger partial charge in [-0.3, -0.25) is 4.21 Å². The maximum Gasteiger partial charge on any atom is 0.0359 e. The summed E-state index contributed by atoms with van der Waals surface area (Å²) in [5, 5.41) is 0. The van der Waals surface area contributed by atoms with Crippen molar-refractivity contribution in [1.82, 2.24) is 4.90 Å². The van der Waals surface area contributed by atoms with E-state index < -0.39 is 10.8 Å². The zero-order valence-corrected chi connectivity index (χ0v) is 9.18. The fraction of sp³-hybridized carbons (Fsp3) is 1.00. The monoisotopic (exact) mass is 204 g/mol. The van der Waals surface area contributed by atoms with E-state index >= 15 is 0 Å². The van der Waals surface area contributed by atoms with Crippen molar-refractivity contribution in [2.24, 2.45) is 11.7 Å². The molecule has 0 bridgehead atoms. The molecule has 1 aliphatic heterocycles. The molecule has 2 unspecified atom stereocenters. The normalized spacial score (nSPS) is 27.4. The van der Waals surface area contributed by atoms with Crippen LogP contribution in [0.4, 0.5) is 0 Å². The van der Waals surface area contributed by atoms with Crippen LogP contribution in [-0.2, 0) is 10.8 Å². The highest BCUT2D eigenvalue weighted by Crippen LogP contribution is 2.14. The molecule has 4 heteroatoms. The predicted molar refractivity (Wildman–Crippen MR) is 57.2 cm³/mol. The summed E-state index contributed by atoms with van der Waals surface area (Å²) in [4.78, 5) is 2.39. The van der Waals surface area contributed by atoms with Crippen molar-refractivity contribution in [3.63, 3.8) is 0 Å². The van der Waals surface area contributed by atoms with Crippen LogP contribution in [0.15, 0.2) is 0 Å². The van der Waals surface area contributed by atoms with Crippen molar-refractivity contribution in [2.75, 3.05) is 38.2 Å². The number of hydrogen-bond acceptors (Lipinski definition) is 3. The van der Waals surface area contributed by atoms with E-state index in [1.54, 1.807) is 6.26 Å². The van der Waals surface area contributed by atoms with Gasteiger partial charge in [0.05, 0.1) is 0 Å². The van der Waals surface area contributed by atoms with Crippen LogP contribution in [0, 0.1) is 5.92 Å². The minimum absolute atomic E-state index is 0.653. The molecule has 1 rings (SSSR count). The van der Waals surface area contributed by atoms with Gasteiger partial charge in [0, 0.05) is 35.9 Å². The van der Waals surface area contributed by atoms with Gasteiger partial charge >= 0.3 is 0 Å². The van der Waals surface area contributed by atoms with Gasteiger partial charge in [-0.15, -0.1) is 0 Å². The van der Waals surface area contributed by atoms with E-state index in [4.69, 9.17) is 5.73 Å². The van der Waals surface area contributed by atoms with Crippen molar-refractivity contribution in [3.8, 4) is 0 Å². The Morgan fingerprint density at radius 3 is 3.00 bits per heavy atom.